The molecule has 0 spiro atoms. The molecule has 4 heteroatoms. The first kappa shape index (κ1) is 11.2. The van der Waals surface area contributed by atoms with E-state index < -0.39 is 0 Å². The second kappa shape index (κ2) is 5.80. The molecule has 4 nitrogen and oxygen atoms in total. The molecule has 0 unspecified atom stereocenters. The second-order valence-electron chi connectivity index (χ2n) is 2.77. The Morgan fingerprint density at radius 2 is 1.87 bits per heavy atom. The Bertz CT molecular complexity index is 346. The van der Waals surface area contributed by atoms with Gasteiger partial charge in [0.1, 0.15) is 6.54 Å². The smallest absolute Gasteiger partial charge is 0.327 e. The molecule has 0 fully saturated rings. The summed E-state index contributed by atoms with van der Waals surface area (Å²) in [4.78, 5) is 14.9. The highest BCUT2D eigenvalue weighted by atomic mass is 16.5. The van der Waals surface area contributed by atoms with Gasteiger partial charge in [-0.1, -0.05) is 18.2 Å². The van der Waals surface area contributed by atoms with Gasteiger partial charge < -0.3 is 9.47 Å². The third kappa shape index (κ3) is 3.42. The Morgan fingerprint density at radius 1 is 1.20 bits per heavy atom. The van der Waals surface area contributed by atoms with Gasteiger partial charge in [-0.2, -0.15) is 0 Å². The molecule has 15 heavy (non-hydrogen) atoms. The van der Waals surface area contributed by atoms with Crippen LogP contribution in [0.1, 0.15) is 5.56 Å². The Balaban J connectivity index is 2.76. The molecule has 0 saturated carbocycles. The van der Waals surface area contributed by atoms with Crippen LogP contribution in [0.4, 0.5) is 0 Å². The van der Waals surface area contributed by atoms with Crippen LogP contribution >= 0.6 is 0 Å². The Labute approximate surface area is 88.5 Å². The summed E-state index contributed by atoms with van der Waals surface area (Å²) >= 11 is 0. The van der Waals surface area contributed by atoms with Crippen molar-refractivity contribution in [3.05, 3.63) is 35.9 Å². The lowest BCUT2D eigenvalue weighted by atomic mass is 10.2. The lowest BCUT2D eigenvalue weighted by Gasteiger charge is -2.04. The number of carbonyl (C=O) groups excluding carboxylic acids is 1. The zero-order valence-corrected chi connectivity index (χ0v) is 8.77. The topological polar surface area (TPSA) is 47.9 Å². The molecule has 1 rings (SSSR count). The molecule has 0 saturated heterocycles. The number of rotatable bonds is 3. The normalized spacial score (nSPS) is 10.9. The predicted octanol–water partition coefficient (Wildman–Crippen LogP) is 1.25. The maximum absolute atomic E-state index is 10.9. The summed E-state index contributed by atoms with van der Waals surface area (Å²) in [6.07, 6.45) is 0. The molecule has 0 atom stereocenters. The first-order valence-corrected chi connectivity index (χ1v) is 4.48. The Morgan fingerprint density at radius 3 is 2.40 bits per heavy atom. The zero-order valence-electron chi connectivity index (χ0n) is 8.77. The molecular weight excluding hydrogens is 194 g/mol. The van der Waals surface area contributed by atoms with E-state index in [0.717, 1.165) is 5.56 Å². The van der Waals surface area contributed by atoms with Crippen LogP contribution in [-0.4, -0.2) is 32.6 Å². The Hall–Kier alpha value is -1.84. The highest BCUT2D eigenvalue weighted by Gasteiger charge is 2.04. The van der Waals surface area contributed by atoms with Gasteiger partial charge >= 0.3 is 5.97 Å². The minimum atomic E-state index is -0.388. The van der Waals surface area contributed by atoms with E-state index in [1.54, 1.807) is 0 Å². The molecule has 0 bridgehead atoms. The standard InChI is InChI=1S/C11H13NO3/c1-14-10(13)8-12-11(15-2)9-6-4-3-5-7-9/h3-7H,8H2,1-2H3. The van der Waals surface area contributed by atoms with Gasteiger partial charge in [0, 0.05) is 5.56 Å². The van der Waals surface area contributed by atoms with Gasteiger partial charge in [-0.15, -0.1) is 0 Å². The summed E-state index contributed by atoms with van der Waals surface area (Å²) in [7, 11) is 2.84. The van der Waals surface area contributed by atoms with Crippen LogP contribution in [0, 0.1) is 0 Å². The quantitative estimate of drug-likeness (QED) is 0.426. The van der Waals surface area contributed by atoms with Gasteiger partial charge in [-0.05, 0) is 12.1 Å². The summed E-state index contributed by atoms with van der Waals surface area (Å²) in [5.74, 6) is 0.0430. The maximum Gasteiger partial charge on any atom is 0.327 e. The number of methoxy groups -OCH3 is 2. The third-order valence-corrected chi connectivity index (χ3v) is 1.79. The van der Waals surface area contributed by atoms with E-state index in [2.05, 4.69) is 9.73 Å². The van der Waals surface area contributed by atoms with Crippen molar-refractivity contribution in [1.82, 2.24) is 0 Å². The van der Waals surface area contributed by atoms with Crippen LogP contribution in [0.25, 0.3) is 0 Å². The molecule has 80 valence electrons. The lowest BCUT2D eigenvalue weighted by Crippen LogP contribution is -2.10. The van der Waals surface area contributed by atoms with Crippen LogP contribution in [-0.2, 0) is 14.3 Å². The van der Waals surface area contributed by atoms with Crippen LogP contribution in [0.5, 0.6) is 0 Å². The predicted molar refractivity (Wildman–Crippen MR) is 56.9 cm³/mol. The van der Waals surface area contributed by atoms with Crippen LogP contribution in [0.3, 0.4) is 0 Å². The van der Waals surface area contributed by atoms with E-state index in [-0.39, 0.29) is 12.5 Å². The van der Waals surface area contributed by atoms with E-state index in [0.29, 0.717) is 5.90 Å². The van der Waals surface area contributed by atoms with Gasteiger partial charge in [0.05, 0.1) is 14.2 Å². The number of nitrogens with zero attached hydrogens (tertiary/aromatic N) is 1. The molecule has 1 aromatic rings. The number of esters is 1. The fourth-order valence-electron chi connectivity index (χ4n) is 1.06. The molecule has 0 aliphatic carbocycles. The average Bonchev–Trinajstić information content (AvgIpc) is 2.31. The number of hydrogen-bond donors (Lipinski definition) is 0. The van der Waals surface area contributed by atoms with Crippen molar-refractivity contribution >= 4 is 11.9 Å². The monoisotopic (exact) mass is 207 g/mol. The fraction of sp³-hybridized carbons (Fsp3) is 0.273. The van der Waals surface area contributed by atoms with Gasteiger partial charge in [-0.3, -0.25) is 4.79 Å². The second-order valence-corrected chi connectivity index (χ2v) is 2.77. The summed E-state index contributed by atoms with van der Waals surface area (Å²) in [5, 5.41) is 0. The number of hydrogen-bond acceptors (Lipinski definition) is 4. The molecule has 0 aliphatic heterocycles. The minimum Gasteiger partial charge on any atom is -0.481 e. The molecule has 1 aromatic carbocycles. The molecule has 0 radical (unpaired) electrons. The fourth-order valence-corrected chi connectivity index (χ4v) is 1.06. The molecule has 0 aliphatic rings. The molecule has 0 N–H and O–H groups in total. The highest BCUT2D eigenvalue weighted by molar-refractivity contribution is 5.95. The first-order chi connectivity index (χ1) is 7.27. The van der Waals surface area contributed by atoms with Crippen LogP contribution in [0.15, 0.2) is 35.3 Å². The van der Waals surface area contributed by atoms with Crippen molar-refractivity contribution < 1.29 is 14.3 Å². The van der Waals surface area contributed by atoms with E-state index in [1.807, 2.05) is 30.3 Å². The van der Waals surface area contributed by atoms with Crippen molar-refractivity contribution in [3.8, 4) is 0 Å². The summed E-state index contributed by atoms with van der Waals surface area (Å²) in [6, 6.07) is 9.38. The maximum atomic E-state index is 10.9. The number of benzene rings is 1. The minimum absolute atomic E-state index is 0.0332. The average molecular weight is 207 g/mol. The molecule has 0 aromatic heterocycles. The lowest BCUT2D eigenvalue weighted by molar-refractivity contribution is -0.138. The third-order valence-electron chi connectivity index (χ3n) is 1.79. The first-order valence-electron chi connectivity index (χ1n) is 4.48. The summed E-state index contributed by atoms with van der Waals surface area (Å²) in [6.45, 7) is -0.0332. The number of aliphatic imine (C=N–C) groups is 1. The molecule has 0 heterocycles. The van der Waals surface area contributed by atoms with E-state index in [1.165, 1.54) is 14.2 Å². The number of carbonyl (C=O) groups is 1. The van der Waals surface area contributed by atoms with Crippen molar-refractivity contribution in [2.24, 2.45) is 4.99 Å². The van der Waals surface area contributed by atoms with Crippen LogP contribution < -0.4 is 0 Å². The summed E-state index contributed by atoms with van der Waals surface area (Å²) < 4.78 is 9.55. The molecule has 0 amide bonds. The van der Waals surface area contributed by atoms with Gasteiger partial charge in [0.25, 0.3) is 0 Å². The zero-order chi connectivity index (χ0) is 11.1. The molecular formula is C11H13NO3. The van der Waals surface area contributed by atoms with Crippen molar-refractivity contribution in [3.63, 3.8) is 0 Å². The van der Waals surface area contributed by atoms with Crippen molar-refractivity contribution in [1.29, 1.82) is 0 Å². The number of ether oxygens (including phenoxy) is 2. The largest absolute Gasteiger partial charge is 0.481 e. The van der Waals surface area contributed by atoms with E-state index in [4.69, 9.17) is 4.74 Å². The van der Waals surface area contributed by atoms with Crippen molar-refractivity contribution in [2.45, 2.75) is 0 Å². The highest BCUT2D eigenvalue weighted by Crippen LogP contribution is 2.01. The van der Waals surface area contributed by atoms with E-state index in [9.17, 15) is 4.79 Å². The van der Waals surface area contributed by atoms with Gasteiger partial charge in [0.15, 0.2) is 0 Å². The van der Waals surface area contributed by atoms with Gasteiger partial charge in [-0.25, -0.2) is 4.99 Å². The Kier molecular flexibility index (Phi) is 4.34. The van der Waals surface area contributed by atoms with Crippen molar-refractivity contribution in [2.75, 3.05) is 20.8 Å². The van der Waals surface area contributed by atoms with Crippen LogP contribution in [0.2, 0.25) is 0 Å². The SMILES string of the molecule is COC(=O)CN=C(OC)c1ccccc1. The summed E-state index contributed by atoms with van der Waals surface area (Å²) in [5.41, 5.74) is 0.837. The van der Waals surface area contributed by atoms with Gasteiger partial charge in [0.2, 0.25) is 5.90 Å². The van der Waals surface area contributed by atoms with E-state index >= 15 is 0 Å².